The highest BCUT2D eigenvalue weighted by Gasteiger charge is 2.52. The molecule has 1 spiro atoms. The Morgan fingerprint density at radius 2 is 0.851 bits per heavy atom. The van der Waals surface area contributed by atoms with Crippen molar-refractivity contribution in [3.05, 3.63) is 263 Å². The molecule has 2 nitrogen and oxygen atoms in total. The molecule has 2 heteroatoms. The van der Waals surface area contributed by atoms with Crippen LogP contribution in [0, 0.1) is 0 Å². The molecule has 11 aromatic rings. The zero-order valence-electron chi connectivity index (χ0n) is 43.7. The molecule has 0 N–H and O–H groups in total. The Balaban J connectivity index is 1.04. The summed E-state index contributed by atoms with van der Waals surface area (Å²) in [4.78, 5) is 2.54. The largest absolute Gasteiger partial charge is 0.310 e. The monoisotopic (exact) mass is 952 g/mol. The lowest BCUT2D eigenvalue weighted by Gasteiger charge is -2.33. The number of benzene rings is 10. The quantitative estimate of drug-likeness (QED) is 0.167. The van der Waals surface area contributed by atoms with Crippen molar-refractivity contribution in [1.29, 1.82) is 0 Å². The summed E-state index contributed by atoms with van der Waals surface area (Å²) in [6.45, 7) is 18.8. The molecule has 14 rings (SSSR count). The number of aromatic nitrogens is 1. The normalized spacial score (nSPS) is 14.4. The molecule has 0 saturated heterocycles. The van der Waals surface area contributed by atoms with Crippen LogP contribution in [0.1, 0.15) is 99.9 Å². The minimum absolute atomic E-state index is 0.0231. The van der Waals surface area contributed by atoms with Crippen LogP contribution in [0.15, 0.2) is 218 Å². The maximum Gasteiger partial charge on any atom is 0.0725 e. The minimum atomic E-state index is -0.498. The van der Waals surface area contributed by atoms with Gasteiger partial charge in [-0.15, -0.1) is 0 Å². The lowest BCUT2D eigenvalue weighted by molar-refractivity contribution is 0.586. The lowest BCUT2D eigenvalue weighted by atomic mass is 9.69. The van der Waals surface area contributed by atoms with Crippen molar-refractivity contribution >= 4 is 38.9 Å². The third kappa shape index (κ3) is 6.18. The highest BCUT2D eigenvalue weighted by Crippen LogP contribution is 2.64. The fraction of sp³-hybridized carbons (Fsp3) is 0.167. The molecule has 0 saturated carbocycles. The molecule has 0 radical (unpaired) electrons. The van der Waals surface area contributed by atoms with Gasteiger partial charge in [-0.25, -0.2) is 0 Å². The summed E-state index contributed by atoms with van der Waals surface area (Å²) in [6.07, 6.45) is 0. The molecular weight excluding hydrogens is 893 g/mol. The van der Waals surface area contributed by atoms with Crippen molar-refractivity contribution in [2.45, 2.75) is 77.0 Å². The second-order valence-electron chi connectivity index (χ2n) is 23.7. The van der Waals surface area contributed by atoms with E-state index in [1.807, 2.05) is 0 Å². The molecule has 10 aromatic carbocycles. The maximum absolute atomic E-state index is 2.55. The first kappa shape index (κ1) is 44.5. The Hall–Kier alpha value is -8.20. The average Bonchev–Trinajstić information content (AvgIpc) is 4.08. The van der Waals surface area contributed by atoms with Gasteiger partial charge in [0.2, 0.25) is 0 Å². The third-order valence-corrected chi connectivity index (χ3v) is 17.1. The molecular formula is C72H60N2. The molecule has 3 aliphatic carbocycles. The summed E-state index contributed by atoms with van der Waals surface area (Å²) in [5.41, 5.74) is 27.4. The van der Waals surface area contributed by atoms with E-state index in [0.29, 0.717) is 0 Å². The first-order valence-electron chi connectivity index (χ1n) is 26.5. The number of para-hydroxylation sites is 3. The first-order valence-corrected chi connectivity index (χ1v) is 26.5. The summed E-state index contributed by atoms with van der Waals surface area (Å²) in [7, 11) is 0. The van der Waals surface area contributed by atoms with E-state index in [-0.39, 0.29) is 16.2 Å². The van der Waals surface area contributed by atoms with E-state index in [1.54, 1.807) is 0 Å². The van der Waals surface area contributed by atoms with Gasteiger partial charge in [-0.2, -0.15) is 0 Å². The molecule has 0 atom stereocenters. The smallest absolute Gasteiger partial charge is 0.0725 e. The van der Waals surface area contributed by atoms with E-state index in [1.165, 1.54) is 111 Å². The SMILES string of the molecule is CC(C)(C)c1ccc2c(c1)C1(c3ccccc3-c3cc(N(c4cccc(-n5c6ccccc6c6ccccc65)c4)c4ccccc4-c4cccc5c4-c4ccccc4C5(C)C)ccc31)c1cc(C(C)(C)C)ccc1-2. The molecule has 0 amide bonds. The Morgan fingerprint density at radius 3 is 1.51 bits per heavy atom. The zero-order valence-corrected chi connectivity index (χ0v) is 43.7. The van der Waals surface area contributed by atoms with Gasteiger partial charge in [-0.05, 0) is 143 Å². The second kappa shape index (κ2) is 15.7. The summed E-state index contributed by atoms with van der Waals surface area (Å²) in [6, 6.07) is 83.3. The van der Waals surface area contributed by atoms with E-state index >= 15 is 0 Å². The van der Waals surface area contributed by atoms with Crippen LogP contribution in [0.25, 0.3) is 72.0 Å². The van der Waals surface area contributed by atoms with Gasteiger partial charge in [-0.1, -0.05) is 225 Å². The predicted molar refractivity (Wildman–Crippen MR) is 312 cm³/mol. The molecule has 0 unspecified atom stereocenters. The summed E-state index contributed by atoms with van der Waals surface area (Å²) in [5, 5.41) is 2.50. The molecule has 0 aliphatic heterocycles. The van der Waals surface area contributed by atoms with Gasteiger partial charge >= 0.3 is 0 Å². The summed E-state index contributed by atoms with van der Waals surface area (Å²) in [5.74, 6) is 0. The van der Waals surface area contributed by atoms with Gasteiger partial charge in [0.1, 0.15) is 0 Å². The van der Waals surface area contributed by atoms with Crippen LogP contribution in [-0.2, 0) is 21.7 Å². The summed E-state index contributed by atoms with van der Waals surface area (Å²) >= 11 is 0. The van der Waals surface area contributed by atoms with Crippen molar-refractivity contribution in [2.75, 3.05) is 4.90 Å². The number of fused-ring (bicyclic) bond motifs is 16. The van der Waals surface area contributed by atoms with Crippen LogP contribution in [0.5, 0.6) is 0 Å². The predicted octanol–water partition coefficient (Wildman–Crippen LogP) is 19.2. The fourth-order valence-corrected chi connectivity index (χ4v) is 13.5. The van der Waals surface area contributed by atoms with Gasteiger partial charge in [0.05, 0.1) is 22.1 Å². The topological polar surface area (TPSA) is 8.17 Å². The highest BCUT2D eigenvalue weighted by atomic mass is 15.1. The van der Waals surface area contributed by atoms with E-state index in [9.17, 15) is 0 Å². The molecule has 358 valence electrons. The van der Waals surface area contributed by atoms with E-state index in [4.69, 9.17) is 0 Å². The van der Waals surface area contributed by atoms with E-state index in [2.05, 4.69) is 283 Å². The van der Waals surface area contributed by atoms with Crippen molar-refractivity contribution in [2.24, 2.45) is 0 Å². The zero-order chi connectivity index (χ0) is 50.5. The molecule has 0 bridgehead atoms. The Labute approximate surface area is 436 Å². The molecule has 1 heterocycles. The minimum Gasteiger partial charge on any atom is -0.310 e. The highest BCUT2D eigenvalue weighted by molar-refractivity contribution is 6.09. The van der Waals surface area contributed by atoms with Gasteiger partial charge in [0.15, 0.2) is 0 Å². The van der Waals surface area contributed by atoms with Crippen LogP contribution in [0.2, 0.25) is 0 Å². The van der Waals surface area contributed by atoms with Crippen molar-refractivity contribution < 1.29 is 0 Å². The lowest BCUT2D eigenvalue weighted by Crippen LogP contribution is -2.27. The fourth-order valence-electron chi connectivity index (χ4n) is 13.5. The van der Waals surface area contributed by atoms with Gasteiger partial charge in [0.25, 0.3) is 0 Å². The molecule has 0 fully saturated rings. The number of hydrogen-bond acceptors (Lipinski definition) is 1. The van der Waals surface area contributed by atoms with Crippen molar-refractivity contribution in [3.63, 3.8) is 0 Å². The Morgan fingerprint density at radius 1 is 0.351 bits per heavy atom. The molecule has 74 heavy (non-hydrogen) atoms. The van der Waals surface area contributed by atoms with Crippen LogP contribution in [0.3, 0.4) is 0 Å². The van der Waals surface area contributed by atoms with Crippen LogP contribution in [0.4, 0.5) is 17.1 Å². The van der Waals surface area contributed by atoms with Gasteiger partial charge in [-0.3, -0.25) is 0 Å². The van der Waals surface area contributed by atoms with Crippen LogP contribution < -0.4 is 4.90 Å². The summed E-state index contributed by atoms with van der Waals surface area (Å²) < 4.78 is 2.44. The standard InChI is InChI=1S/C72H60N2/c1-69(2,3)45-35-38-51-52-39-36-46(70(4,5)6)42-64(52)72(63(51)41-45)60-30-15-9-23-50(60)58-44-49(37-40-61(58)72)73(47-21-19-22-48(43-47)74-66-33-17-11-24-53(66)54-25-12-18-34-67(54)74)65-32-16-13-26-55(65)56-28-20-31-62-68(56)57-27-10-14-29-59(57)71(62,7)8/h9-44H,1-8H3. The molecule has 3 aliphatic rings. The molecule has 1 aromatic heterocycles. The van der Waals surface area contributed by atoms with Crippen molar-refractivity contribution in [1.82, 2.24) is 4.57 Å². The first-order chi connectivity index (χ1) is 35.7. The number of anilines is 3. The Kier molecular flexibility index (Phi) is 9.41. The second-order valence-corrected chi connectivity index (χ2v) is 23.7. The van der Waals surface area contributed by atoms with Crippen molar-refractivity contribution in [3.8, 4) is 50.2 Å². The van der Waals surface area contributed by atoms with Gasteiger partial charge < -0.3 is 9.47 Å². The van der Waals surface area contributed by atoms with E-state index in [0.717, 1.165) is 22.7 Å². The van der Waals surface area contributed by atoms with E-state index < -0.39 is 5.41 Å². The maximum atomic E-state index is 2.55. The number of nitrogens with zero attached hydrogens (tertiary/aromatic N) is 2. The third-order valence-electron chi connectivity index (χ3n) is 17.1. The number of hydrogen-bond donors (Lipinski definition) is 0. The number of rotatable bonds is 5. The van der Waals surface area contributed by atoms with Crippen LogP contribution in [-0.4, -0.2) is 4.57 Å². The average molecular weight is 953 g/mol. The van der Waals surface area contributed by atoms with Gasteiger partial charge in [0, 0.05) is 38.8 Å². The Bertz CT molecular complexity index is 4030. The van der Waals surface area contributed by atoms with Crippen LogP contribution >= 0.6 is 0 Å².